The third-order valence-corrected chi connectivity index (χ3v) is 5.67. The highest BCUT2D eigenvalue weighted by Gasteiger charge is 2.21. The van der Waals surface area contributed by atoms with E-state index in [-0.39, 0.29) is 23.5 Å². The average Bonchev–Trinajstić information content (AvgIpc) is 2.80. The van der Waals surface area contributed by atoms with E-state index >= 15 is 0 Å². The standard InChI is InChI=1S/C25H31NO6/c1-4-17(9-8-14-25(31,5-2)6-3)22-11-7-10-18(26-22)16-32-19-12-13-20(23(27)28)21(15-19)24(29)30/h7,9-13,15,31H,4-6,8,14,16H2,1-3H3,(H,27,28)(H,29,30). The summed E-state index contributed by atoms with van der Waals surface area (Å²) in [6.07, 6.45) is 5.82. The molecule has 2 aromatic rings. The highest BCUT2D eigenvalue weighted by atomic mass is 16.5. The first-order valence-corrected chi connectivity index (χ1v) is 10.8. The molecule has 0 bridgehead atoms. The predicted molar refractivity (Wildman–Crippen MR) is 122 cm³/mol. The molecule has 0 saturated carbocycles. The van der Waals surface area contributed by atoms with Crippen molar-refractivity contribution >= 4 is 17.5 Å². The maximum absolute atomic E-state index is 11.3. The summed E-state index contributed by atoms with van der Waals surface area (Å²) in [6.45, 7) is 6.16. The van der Waals surface area contributed by atoms with Crippen molar-refractivity contribution in [1.29, 1.82) is 0 Å². The molecule has 7 heteroatoms. The molecule has 0 aliphatic heterocycles. The monoisotopic (exact) mass is 441 g/mol. The van der Waals surface area contributed by atoms with E-state index in [2.05, 4.69) is 18.0 Å². The lowest BCUT2D eigenvalue weighted by Crippen LogP contribution is -2.25. The fourth-order valence-electron chi connectivity index (χ4n) is 3.42. The summed E-state index contributed by atoms with van der Waals surface area (Å²) in [7, 11) is 0. The van der Waals surface area contributed by atoms with Crippen molar-refractivity contribution in [3.05, 3.63) is 65.0 Å². The van der Waals surface area contributed by atoms with Gasteiger partial charge in [0.25, 0.3) is 0 Å². The molecular formula is C25H31NO6. The molecule has 0 unspecified atom stereocenters. The van der Waals surface area contributed by atoms with Gasteiger partial charge in [0.1, 0.15) is 12.4 Å². The molecule has 0 amide bonds. The number of allylic oxidation sites excluding steroid dienone is 2. The topological polar surface area (TPSA) is 117 Å². The Hall–Kier alpha value is -3.19. The van der Waals surface area contributed by atoms with Gasteiger partial charge in [0.05, 0.1) is 28.1 Å². The number of aliphatic hydroxyl groups is 1. The Labute approximate surface area is 188 Å². The molecule has 0 saturated heterocycles. The van der Waals surface area contributed by atoms with E-state index in [1.54, 1.807) is 0 Å². The second-order valence-corrected chi connectivity index (χ2v) is 7.67. The zero-order chi connectivity index (χ0) is 23.7. The first kappa shape index (κ1) is 25.1. The Morgan fingerprint density at radius 1 is 1.03 bits per heavy atom. The van der Waals surface area contributed by atoms with E-state index in [9.17, 15) is 19.8 Å². The normalized spacial score (nSPS) is 11.9. The first-order chi connectivity index (χ1) is 15.2. The molecule has 1 aromatic heterocycles. The Morgan fingerprint density at radius 3 is 2.31 bits per heavy atom. The van der Waals surface area contributed by atoms with Crippen LogP contribution in [-0.4, -0.2) is 37.8 Å². The molecule has 3 N–H and O–H groups in total. The lowest BCUT2D eigenvalue weighted by Gasteiger charge is -2.24. The number of hydrogen-bond acceptors (Lipinski definition) is 5. The molecule has 7 nitrogen and oxygen atoms in total. The van der Waals surface area contributed by atoms with Crippen LogP contribution >= 0.6 is 0 Å². The van der Waals surface area contributed by atoms with Crippen LogP contribution in [0.1, 0.15) is 85.0 Å². The van der Waals surface area contributed by atoms with Gasteiger partial charge in [-0.25, -0.2) is 14.6 Å². The van der Waals surface area contributed by atoms with Gasteiger partial charge in [0, 0.05) is 0 Å². The third-order valence-electron chi connectivity index (χ3n) is 5.67. The largest absolute Gasteiger partial charge is 0.487 e. The van der Waals surface area contributed by atoms with Crippen LogP contribution < -0.4 is 4.74 Å². The number of nitrogens with zero attached hydrogens (tertiary/aromatic N) is 1. The number of carboxylic acids is 2. The van der Waals surface area contributed by atoms with Gasteiger partial charge in [-0.3, -0.25) is 0 Å². The molecular weight excluding hydrogens is 410 g/mol. The molecule has 32 heavy (non-hydrogen) atoms. The SMILES string of the molecule is CCC(=CCCC(O)(CC)CC)c1cccc(COc2ccc(C(=O)O)c(C(=O)O)c2)n1. The maximum atomic E-state index is 11.3. The molecule has 0 aliphatic rings. The summed E-state index contributed by atoms with van der Waals surface area (Å²) in [5.41, 5.74) is 1.33. The van der Waals surface area contributed by atoms with Gasteiger partial charge in [0.2, 0.25) is 0 Å². The number of benzene rings is 1. The Balaban J connectivity index is 2.12. The Morgan fingerprint density at radius 2 is 1.72 bits per heavy atom. The summed E-state index contributed by atoms with van der Waals surface area (Å²) < 4.78 is 5.67. The van der Waals surface area contributed by atoms with Crippen LogP contribution in [0.4, 0.5) is 0 Å². The van der Waals surface area contributed by atoms with Gasteiger partial charge in [-0.05, 0) is 68.0 Å². The number of aromatic nitrogens is 1. The Kier molecular flexibility index (Phi) is 8.96. The van der Waals surface area contributed by atoms with Crippen LogP contribution in [-0.2, 0) is 6.61 Å². The van der Waals surface area contributed by atoms with Gasteiger partial charge < -0.3 is 20.1 Å². The smallest absolute Gasteiger partial charge is 0.336 e. The minimum Gasteiger partial charge on any atom is -0.487 e. The predicted octanol–water partition coefficient (Wildman–Crippen LogP) is 5.18. The number of aromatic carboxylic acids is 2. The van der Waals surface area contributed by atoms with Crippen molar-refractivity contribution in [2.45, 2.75) is 65.1 Å². The van der Waals surface area contributed by atoms with Crippen LogP contribution in [0.3, 0.4) is 0 Å². The summed E-state index contributed by atoms with van der Waals surface area (Å²) in [4.78, 5) is 27.2. The lowest BCUT2D eigenvalue weighted by atomic mass is 9.91. The lowest BCUT2D eigenvalue weighted by molar-refractivity contribution is 0.0246. The molecule has 0 radical (unpaired) electrons. The van der Waals surface area contributed by atoms with E-state index in [1.165, 1.54) is 18.2 Å². The molecule has 1 aromatic carbocycles. The zero-order valence-electron chi connectivity index (χ0n) is 18.8. The number of pyridine rings is 1. The molecule has 0 fully saturated rings. The number of carboxylic acid groups (broad SMARTS) is 2. The molecule has 0 spiro atoms. The second-order valence-electron chi connectivity index (χ2n) is 7.67. The van der Waals surface area contributed by atoms with Crippen molar-refractivity contribution in [3.63, 3.8) is 0 Å². The van der Waals surface area contributed by atoms with Gasteiger partial charge in [-0.1, -0.05) is 32.9 Å². The fourth-order valence-corrected chi connectivity index (χ4v) is 3.42. The summed E-state index contributed by atoms with van der Waals surface area (Å²) in [5.74, 6) is -2.38. The van der Waals surface area contributed by atoms with Crippen molar-refractivity contribution < 1.29 is 29.6 Å². The Bertz CT molecular complexity index is 978. The second kappa shape index (κ2) is 11.4. The van der Waals surface area contributed by atoms with E-state index in [0.717, 1.165) is 37.0 Å². The van der Waals surface area contributed by atoms with Gasteiger partial charge in [-0.15, -0.1) is 0 Å². The highest BCUT2D eigenvalue weighted by Crippen LogP contribution is 2.24. The molecule has 2 rings (SSSR count). The summed E-state index contributed by atoms with van der Waals surface area (Å²) >= 11 is 0. The average molecular weight is 442 g/mol. The van der Waals surface area contributed by atoms with Crippen LogP contribution in [0.5, 0.6) is 5.75 Å². The highest BCUT2D eigenvalue weighted by molar-refractivity contribution is 6.02. The number of ether oxygens (including phenoxy) is 1. The number of hydrogen-bond donors (Lipinski definition) is 3. The van der Waals surface area contributed by atoms with Crippen molar-refractivity contribution in [2.75, 3.05) is 0 Å². The van der Waals surface area contributed by atoms with Gasteiger partial charge >= 0.3 is 11.9 Å². The molecule has 0 atom stereocenters. The van der Waals surface area contributed by atoms with Crippen LogP contribution in [0.15, 0.2) is 42.5 Å². The van der Waals surface area contributed by atoms with E-state index in [1.807, 2.05) is 32.0 Å². The quantitative estimate of drug-likeness (QED) is 0.415. The first-order valence-electron chi connectivity index (χ1n) is 10.8. The third kappa shape index (κ3) is 6.65. The van der Waals surface area contributed by atoms with Crippen molar-refractivity contribution in [1.82, 2.24) is 4.98 Å². The number of carbonyl (C=O) groups is 2. The van der Waals surface area contributed by atoms with E-state index in [0.29, 0.717) is 12.1 Å². The summed E-state index contributed by atoms with van der Waals surface area (Å²) in [6, 6.07) is 9.48. The summed E-state index contributed by atoms with van der Waals surface area (Å²) in [5, 5.41) is 28.8. The van der Waals surface area contributed by atoms with Crippen molar-refractivity contribution in [2.24, 2.45) is 0 Å². The minimum absolute atomic E-state index is 0.113. The van der Waals surface area contributed by atoms with Gasteiger partial charge in [-0.2, -0.15) is 0 Å². The van der Waals surface area contributed by atoms with Crippen LogP contribution in [0.25, 0.3) is 5.57 Å². The van der Waals surface area contributed by atoms with E-state index in [4.69, 9.17) is 9.84 Å². The van der Waals surface area contributed by atoms with Crippen molar-refractivity contribution in [3.8, 4) is 5.75 Å². The zero-order valence-corrected chi connectivity index (χ0v) is 18.8. The van der Waals surface area contributed by atoms with E-state index < -0.39 is 17.5 Å². The fraction of sp³-hybridized carbons (Fsp3) is 0.400. The molecule has 1 heterocycles. The number of rotatable bonds is 12. The molecule has 172 valence electrons. The maximum Gasteiger partial charge on any atom is 0.336 e. The van der Waals surface area contributed by atoms with Crippen LogP contribution in [0.2, 0.25) is 0 Å². The van der Waals surface area contributed by atoms with Crippen LogP contribution in [0, 0.1) is 0 Å². The minimum atomic E-state index is -1.33. The van der Waals surface area contributed by atoms with Gasteiger partial charge in [0.15, 0.2) is 0 Å². The molecule has 0 aliphatic carbocycles.